The number of hydrogen-bond donors (Lipinski definition) is 2. The number of carbonyl (C=O) groups excluding carboxylic acids is 1. The summed E-state index contributed by atoms with van der Waals surface area (Å²) < 4.78 is 0. The maximum absolute atomic E-state index is 12.9. The predicted octanol–water partition coefficient (Wildman–Crippen LogP) is 5.59. The average molecular weight is 454 g/mol. The molecule has 0 aliphatic carbocycles. The molecule has 34 heavy (non-hydrogen) atoms. The van der Waals surface area contributed by atoms with E-state index < -0.39 is 5.97 Å². The molecule has 4 rings (SSSR count). The molecule has 0 fully saturated rings. The zero-order chi connectivity index (χ0) is 23.9. The van der Waals surface area contributed by atoms with Gasteiger partial charge in [-0.3, -0.25) is 9.59 Å². The van der Waals surface area contributed by atoms with E-state index in [9.17, 15) is 9.59 Å². The zero-order valence-corrected chi connectivity index (χ0v) is 19.1. The van der Waals surface area contributed by atoms with Crippen LogP contribution in [0.3, 0.4) is 0 Å². The van der Waals surface area contributed by atoms with Gasteiger partial charge < -0.3 is 10.4 Å². The molecule has 0 radical (unpaired) electrons. The first-order valence-electron chi connectivity index (χ1n) is 11.4. The first kappa shape index (κ1) is 23.1. The van der Waals surface area contributed by atoms with Crippen LogP contribution in [0.4, 0.5) is 0 Å². The lowest BCUT2D eigenvalue weighted by molar-refractivity contribution is -0.137. The molecule has 1 atom stereocenters. The molecule has 1 aromatic heterocycles. The smallest absolute Gasteiger partial charge is 0.303 e. The molecule has 6 nitrogen and oxygen atoms in total. The van der Waals surface area contributed by atoms with E-state index in [1.807, 2.05) is 73.7 Å². The van der Waals surface area contributed by atoms with Crippen LogP contribution in [0.25, 0.3) is 22.3 Å². The third kappa shape index (κ3) is 5.64. The summed E-state index contributed by atoms with van der Waals surface area (Å²) >= 11 is 0. The molecule has 4 aromatic rings. The number of aliphatic carboxylic acids is 1. The minimum absolute atomic E-state index is 0.124. The number of hydrogen-bond acceptors (Lipinski definition) is 4. The van der Waals surface area contributed by atoms with E-state index in [0.29, 0.717) is 35.9 Å². The van der Waals surface area contributed by atoms with E-state index >= 15 is 0 Å². The molecular formula is C28H27N3O3. The largest absolute Gasteiger partial charge is 0.481 e. The Kier molecular flexibility index (Phi) is 7.28. The molecule has 1 amide bonds. The summed E-state index contributed by atoms with van der Waals surface area (Å²) in [6.07, 6.45) is 2.01. The zero-order valence-electron chi connectivity index (χ0n) is 19.1. The number of fused-ring (bicyclic) bond motifs is 1. The number of carboxylic acid groups (broad SMARTS) is 1. The van der Waals surface area contributed by atoms with Crippen molar-refractivity contribution in [2.45, 2.75) is 38.6 Å². The highest BCUT2D eigenvalue weighted by molar-refractivity contribution is 5.97. The Hall–Kier alpha value is -4.06. The number of benzene rings is 3. The predicted molar refractivity (Wildman–Crippen MR) is 132 cm³/mol. The van der Waals surface area contributed by atoms with Gasteiger partial charge in [-0.2, -0.15) is 0 Å². The first-order valence-corrected chi connectivity index (χ1v) is 11.4. The van der Waals surface area contributed by atoms with Crippen LogP contribution in [0, 0.1) is 0 Å². The van der Waals surface area contributed by atoms with Crippen LogP contribution >= 0.6 is 0 Å². The Labute approximate surface area is 198 Å². The molecule has 0 saturated carbocycles. The number of aryl methyl sites for hydroxylation is 1. The molecule has 0 aliphatic heterocycles. The van der Waals surface area contributed by atoms with Crippen molar-refractivity contribution in [1.29, 1.82) is 0 Å². The van der Waals surface area contributed by atoms with Crippen molar-refractivity contribution >= 4 is 22.9 Å². The van der Waals surface area contributed by atoms with E-state index in [2.05, 4.69) is 5.32 Å². The van der Waals surface area contributed by atoms with Crippen molar-refractivity contribution in [2.75, 3.05) is 0 Å². The highest BCUT2D eigenvalue weighted by atomic mass is 16.4. The van der Waals surface area contributed by atoms with Crippen LogP contribution in [-0.4, -0.2) is 27.0 Å². The number of rotatable bonds is 9. The van der Waals surface area contributed by atoms with Gasteiger partial charge in [-0.1, -0.05) is 60.7 Å². The fraction of sp³-hybridized carbons (Fsp3) is 0.214. The molecule has 0 bridgehead atoms. The first-order chi connectivity index (χ1) is 16.5. The Morgan fingerprint density at radius 2 is 1.59 bits per heavy atom. The Balaban J connectivity index is 1.62. The Morgan fingerprint density at radius 1 is 0.882 bits per heavy atom. The van der Waals surface area contributed by atoms with Crippen molar-refractivity contribution in [3.05, 3.63) is 95.7 Å². The van der Waals surface area contributed by atoms with E-state index in [1.165, 1.54) is 0 Å². The van der Waals surface area contributed by atoms with Crippen LogP contribution in [0.1, 0.15) is 53.8 Å². The van der Waals surface area contributed by atoms with Gasteiger partial charge in [0.15, 0.2) is 0 Å². The van der Waals surface area contributed by atoms with E-state index in [0.717, 1.165) is 22.5 Å². The number of amides is 1. The van der Waals surface area contributed by atoms with Crippen LogP contribution < -0.4 is 5.32 Å². The Bertz CT molecular complexity index is 1290. The van der Waals surface area contributed by atoms with E-state index in [1.54, 1.807) is 12.1 Å². The van der Waals surface area contributed by atoms with Gasteiger partial charge in [0.2, 0.25) is 0 Å². The molecule has 0 spiro atoms. The normalized spacial score (nSPS) is 11.8. The number of carboxylic acids is 1. The number of unbranched alkanes of at least 4 members (excludes halogenated alkanes) is 1. The van der Waals surface area contributed by atoms with Crippen LogP contribution in [-0.2, 0) is 11.2 Å². The summed E-state index contributed by atoms with van der Waals surface area (Å²) in [6.45, 7) is 1.95. The summed E-state index contributed by atoms with van der Waals surface area (Å²) in [4.78, 5) is 33.5. The fourth-order valence-corrected chi connectivity index (χ4v) is 3.91. The topological polar surface area (TPSA) is 92.2 Å². The summed E-state index contributed by atoms with van der Waals surface area (Å²) in [7, 11) is 0. The fourth-order valence-electron chi connectivity index (χ4n) is 3.91. The summed E-state index contributed by atoms with van der Waals surface area (Å²) in [6, 6.07) is 24.9. The molecule has 0 saturated heterocycles. The van der Waals surface area contributed by atoms with Crippen molar-refractivity contribution in [3.63, 3.8) is 0 Å². The van der Waals surface area contributed by atoms with Crippen molar-refractivity contribution < 1.29 is 14.7 Å². The van der Waals surface area contributed by atoms with Gasteiger partial charge in [0.05, 0.1) is 28.5 Å². The van der Waals surface area contributed by atoms with E-state index in [4.69, 9.17) is 15.1 Å². The number of aromatic nitrogens is 2. The summed E-state index contributed by atoms with van der Waals surface area (Å²) in [5.41, 5.74) is 5.47. The van der Waals surface area contributed by atoms with Crippen molar-refractivity contribution in [3.8, 4) is 11.3 Å². The highest BCUT2D eigenvalue weighted by Crippen LogP contribution is 2.25. The van der Waals surface area contributed by atoms with Crippen molar-refractivity contribution in [1.82, 2.24) is 15.3 Å². The minimum atomic E-state index is -0.798. The lowest BCUT2D eigenvalue weighted by atomic mass is 10.0. The monoisotopic (exact) mass is 453 g/mol. The van der Waals surface area contributed by atoms with Gasteiger partial charge in [-0.15, -0.1) is 0 Å². The minimum Gasteiger partial charge on any atom is -0.481 e. The van der Waals surface area contributed by atoms with Crippen LogP contribution in [0.15, 0.2) is 78.9 Å². The van der Waals surface area contributed by atoms with E-state index in [-0.39, 0.29) is 18.4 Å². The van der Waals surface area contributed by atoms with Crippen LogP contribution in [0.5, 0.6) is 0 Å². The number of nitrogens with one attached hydrogen (secondary N) is 1. The van der Waals surface area contributed by atoms with Gasteiger partial charge >= 0.3 is 5.97 Å². The molecule has 172 valence electrons. The van der Waals surface area contributed by atoms with Gasteiger partial charge in [0, 0.05) is 17.5 Å². The second kappa shape index (κ2) is 10.7. The quantitative estimate of drug-likeness (QED) is 0.323. The Morgan fingerprint density at radius 3 is 2.29 bits per heavy atom. The lowest BCUT2D eigenvalue weighted by Gasteiger charge is -2.15. The maximum atomic E-state index is 12.9. The molecule has 2 N–H and O–H groups in total. The molecule has 0 unspecified atom stereocenters. The standard InChI is InChI=1S/C28H27N3O3/c1-19(20-10-4-2-5-11-20)29-28(34)22-16-17-23-25(18-22)30-24(14-8-9-15-26(32)33)27(31-23)21-12-6-3-7-13-21/h2-7,10-13,16-19H,8-9,14-15H2,1H3,(H,29,34)(H,32,33)/t19-/m0/s1. The van der Waals surface area contributed by atoms with Crippen molar-refractivity contribution in [2.24, 2.45) is 0 Å². The van der Waals surface area contributed by atoms with Gasteiger partial charge in [0.1, 0.15) is 0 Å². The van der Waals surface area contributed by atoms with Gasteiger partial charge in [-0.05, 0) is 49.9 Å². The van der Waals surface area contributed by atoms with Crippen LogP contribution in [0.2, 0.25) is 0 Å². The number of nitrogens with zero attached hydrogens (tertiary/aromatic N) is 2. The lowest BCUT2D eigenvalue weighted by Crippen LogP contribution is -2.26. The molecule has 3 aromatic carbocycles. The second-order valence-corrected chi connectivity index (χ2v) is 8.30. The molecule has 0 aliphatic rings. The SMILES string of the molecule is C[C@H](NC(=O)c1ccc2nc(-c3ccccc3)c(CCCCC(=O)O)nc2c1)c1ccccc1. The molecular weight excluding hydrogens is 426 g/mol. The highest BCUT2D eigenvalue weighted by Gasteiger charge is 2.15. The summed E-state index contributed by atoms with van der Waals surface area (Å²) in [5, 5.41) is 12.0. The van der Waals surface area contributed by atoms with Gasteiger partial charge in [0.25, 0.3) is 5.91 Å². The molecule has 6 heteroatoms. The number of carbonyl (C=O) groups is 2. The second-order valence-electron chi connectivity index (χ2n) is 8.30. The van der Waals surface area contributed by atoms with Gasteiger partial charge in [-0.25, -0.2) is 9.97 Å². The third-order valence-electron chi connectivity index (χ3n) is 5.75. The maximum Gasteiger partial charge on any atom is 0.303 e. The average Bonchev–Trinajstić information content (AvgIpc) is 2.86. The summed E-state index contributed by atoms with van der Waals surface area (Å²) in [5.74, 6) is -0.969. The third-order valence-corrected chi connectivity index (χ3v) is 5.75. The molecule has 1 heterocycles.